The summed E-state index contributed by atoms with van der Waals surface area (Å²) in [6.07, 6.45) is 3.47. The van der Waals surface area contributed by atoms with E-state index in [-0.39, 0.29) is 5.41 Å². The highest BCUT2D eigenvalue weighted by Crippen LogP contribution is 2.59. The molecule has 1 aromatic rings. The van der Waals surface area contributed by atoms with Gasteiger partial charge in [-0.15, -0.1) is 0 Å². The third-order valence-electron chi connectivity index (χ3n) is 4.75. The molecule has 0 bridgehead atoms. The molecule has 3 nitrogen and oxygen atoms in total. The number of fused-ring (bicyclic) bond motifs is 1. The maximum atomic E-state index is 12.8. The summed E-state index contributed by atoms with van der Waals surface area (Å²) in [6, 6.07) is 7.17. The monoisotopic (exact) mass is 335 g/mol. The van der Waals surface area contributed by atoms with Crippen molar-refractivity contribution in [2.24, 2.45) is 11.3 Å². The molecule has 1 aromatic carbocycles. The minimum Gasteiger partial charge on any atom is -0.207 e. The first kappa shape index (κ1) is 16.0. The maximum absolute atomic E-state index is 12.8. The van der Waals surface area contributed by atoms with E-state index in [1.54, 1.807) is 16.4 Å². The van der Waals surface area contributed by atoms with E-state index >= 15 is 0 Å². The molecule has 1 saturated heterocycles. The zero-order valence-electron chi connectivity index (χ0n) is 13.8. The molecule has 5 heteroatoms. The third-order valence-corrected chi connectivity index (χ3v) is 7.74. The van der Waals surface area contributed by atoms with Crippen LogP contribution in [0, 0.1) is 18.3 Å². The van der Waals surface area contributed by atoms with Crippen LogP contribution in [0.2, 0.25) is 19.6 Å². The minimum atomic E-state index is -3.34. The fourth-order valence-electron chi connectivity index (χ4n) is 3.19. The van der Waals surface area contributed by atoms with Crippen molar-refractivity contribution in [2.45, 2.75) is 37.9 Å². The van der Waals surface area contributed by atoms with Gasteiger partial charge in [0.05, 0.1) is 13.0 Å². The Kier molecular flexibility index (Phi) is 3.66. The molecule has 1 aliphatic heterocycles. The van der Waals surface area contributed by atoms with Crippen LogP contribution in [0.4, 0.5) is 0 Å². The SMILES string of the molecule is Cc1ccc(S(=O)(=O)N2C[C@@H]3C[C@]3(/C=C\[Si](C)(C)C)C2)cc1. The number of sulfonamides is 1. The van der Waals surface area contributed by atoms with Gasteiger partial charge in [-0.05, 0) is 31.4 Å². The Morgan fingerprint density at radius 3 is 2.45 bits per heavy atom. The van der Waals surface area contributed by atoms with Crippen molar-refractivity contribution in [3.63, 3.8) is 0 Å². The molecular formula is C17H25NO2SSi. The number of aryl methyl sites for hydroxylation is 1. The van der Waals surface area contributed by atoms with Crippen LogP contribution in [0.15, 0.2) is 40.9 Å². The van der Waals surface area contributed by atoms with Crippen molar-refractivity contribution < 1.29 is 8.42 Å². The largest absolute Gasteiger partial charge is 0.243 e. The van der Waals surface area contributed by atoms with E-state index in [0.29, 0.717) is 23.9 Å². The van der Waals surface area contributed by atoms with Gasteiger partial charge in [0.15, 0.2) is 0 Å². The number of benzene rings is 1. The van der Waals surface area contributed by atoms with Crippen molar-refractivity contribution in [1.82, 2.24) is 4.31 Å². The molecule has 2 atom stereocenters. The fourth-order valence-corrected chi connectivity index (χ4v) is 5.59. The molecule has 0 spiro atoms. The topological polar surface area (TPSA) is 37.4 Å². The highest BCUT2D eigenvalue weighted by molar-refractivity contribution is 7.89. The van der Waals surface area contributed by atoms with E-state index in [1.807, 2.05) is 19.1 Å². The van der Waals surface area contributed by atoms with Crippen LogP contribution in [0.1, 0.15) is 12.0 Å². The summed E-state index contributed by atoms with van der Waals surface area (Å²) in [4.78, 5) is 0.420. The first-order valence-electron chi connectivity index (χ1n) is 7.90. The number of nitrogens with zero attached hydrogens (tertiary/aromatic N) is 1. The molecule has 1 heterocycles. The van der Waals surface area contributed by atoms with Crippen LogP contribution in [-0.4, -0.2) is 33.9 Å². The van der Waals surface area contributed by atoms with Crippen LogP contribution in [-0.2, 0) is 10.0 Å². The van der Waals surface area contributed by atoms with E-state index in [4.69, 9.17) is 0 Å². The standard InChI is InChI=1S/C17H25NO2SSi/c1-14-5-7-16(8-6-14)21(19,20)18-12-15-11-17(15,13-18)9-10-22(2,3)4/h5-10,15H,11-13H2,1-4H3/b10-9-/t15-,17+/m0/s1. The van der Waals surface area contributed by atoms with Gasteiger partial charge in [0.25, 0.3) is 0 Å². The number of piperidine rings is 1. The second kappa shape index (κ2) is 5.04. The Hall–Kier alpha value is -0.913. The molecule has 0 amide bonds. The summed E-state index contributed by atoms with van der Waals surface area (Å²) >= 11 is 0. The van der Waals surface area contributed by atoms with Crippen LogP contribution in [0.5, 0.6) is 0 Å². The van der Waals surface area contributed by atoms with E-state index < -0.39 is 18.1 Å². The summed E-state index contributed by atoms with van der Waals surface area (Å²) in [5.74, 6) is 0.514. The first-order chi connectivity index (χ1) is 10.1. The van der Waals surface area contributed by atoms with E-state index in [2.05, 4.69) is 31.4 Å². The van der Waals surface area contributed by atoms with Crippen molar-refractivity contribution in [3.8, 4) is 0 Å². The molecule has 3 rings (SSSR count). The predicted molar refractivity (Wildman–Crippen MR) is 93.0 cm³/mol. The first-order valence-corrected chi connectivity index (χ1v) is 12.9. The summed E-state index contributed by atoms with van der Waals surface area (Å²) in [5, 5.41) is 0. The summed E-state index contributed by atoms with van der Waals surface area (Å²) in [6.45, 7) is 10.2. The Morgan fingerprint density at radius 2 is 1.86 bits per heavy atom. The van der Waals surface area contributed by atoms with E-state index in [1.165, 1.54) is 0 Å². The predicted octanol–water partition coefficient (Wildman–Crippen LogP) is 3.44. The van der Waals surface area contributed by atoms with Crippen molar-refractivity contribution in [3.05, 3.63) is 41.6 Å². The quantitative estimate of drug-likeness (QED) is 0.791. The lowest BCUT2D eigenvalue weighted by atomic mass is 10.1. The van der Waals surface area contributed by atoms with Crippen LogP contribution < -0.4 is 0 Å². The maximum Gasteiger partial charge on any atom is 0.243 e. The Balaban J connectivity index is 1.79. The molecule has 0 aromatic heterocycles. The third kappa shape index (κ3) is 2.94. The van der Waals surface area contributed by atoms with Gasteiger partial charge in [-0.2, -0.15) is 4.31 Å². The van der Waals surface area contributed by atoms with Gasteiger partial charge in [0.2, 0.25) is 10.0 Å². The molecule has 1 aliphatic carbocycles. The average Bonchev–Trinajstić information content (AvgIpc) is 2.98. The molecule has 1 saturated carbocycles. The number of hydrogen-bond acceptors (Lipinski definition) is 2. The Labute approximate surface area is 135 Å². The van der Waals surface area contributed by atoms with Crippen molar-refractivity contribution in [1.29, 1.82) is 0 Å². The molecule has 0 N–H and O–H groups in total. The van der Waals surface area contributed by atoms with Crippen LogP contribution >= 0.6 is 0 Å². The average molecular weight is 336 g/mol. The minimum absolute atomic E-state index is 0.123. The lowest BCUT2D eigenvalue weighted by Gasteiger charge is -2.20. The van der Waals surface area contributed by atoms with Gasteiger partial charge in [0.1, 0.15) is 0 Å². The molecule has 0 radical (unpaired) electrons. The molecular weight excluding hydrogens is 310 g/mol. The lowest BCUT2D eigenvalue weighted by Crippen LogP contribution is -2.31. The second-order valence-electron chi connectivity index (χ2n) is 7.94. The zero-order chi connectivity index (χ0) is 16.2. The van der Waals surface area contributed by atoms with Crippen molar-refractivity contribution in [2.75, 3.05) is 13.1 Å². The molecule has 22 heavy (non-hydrogen) atoms. The second-order valence-corrected chi connectivity index (χ2v) is 14.9. The fraction of sp³-hybridized carbons (Fsp3) is 0.529. The Morgan fingerprint density at radius 1 is 1.23 bits per heavy atom. The van der Waals surface area contributed by atoms with Crippen LogP contribution in [0.25, 0.3) is 0 Å². The normalized spacial score (nSPS) is 29.0. The van der Waals surface area contributed by atoms with Crippen LogP contribution in [0.3, 0.4) is 0 Å². The smallest absolute Gasteiger partial charge is 0.207 e. The van der Waals surface area contributed by atoms with Gasteiger partial charge in [-0.25, -0.2) is 8.42 Å². The zero-order valence-corrected chi connectivity index (χ0v) is 15.7. The number of hydrogen-bond donors (Lipinski definition) is 0. The summed E-state index contributed by atoms with van der Waals surface area (Å²) in [5.41, 5.74) is 3.57. The molecule has 2 aliphatic rings. The van der Waals surface area contributed by atoms with E-state index in [9.17, 15) is 8.42 Å². The van der Waals surface area contributed by atoms with Gasteiger partial charge in [-0.3, -0.25) is 0 Å². The molecule has 2 fully saturated rings. The lowest BCUT2D eigenvalue weighted by molar-refractivity contribution is 0.427. The van der Waals surface area contributed by atoms with Gasteiger partial charge in [0, 0.05) is 18.5 Å². The van der Waals surface area contributed by atoms with E-state index in [0.717, 1.165) is 12.0 Å². The van der Waals surface area contributed by atoms with Gasteiger partial charge in [-0.1, -0.05) is 49.1 Å². The molecule has 120 valence electrons. The summed E-state index contributed by atoms with van der Waals surface area (Å²) < 4.78 is 27.2. The number of rotatable bonds is 4. The highest BCUT2D eigenvalue weighted by Gasteiger charge is 2.60. The van der Waals surface area contributed by atoms with Crippen molar-refractivity contribution >= 4 is 18.1 Å². The Bertz CT molecular complexity index is 703. The van der Waals surface area contributed by atoms with Gasteiger partial charge < -0.3 is 0 Å². The highest BCUT2D eigenvalue weighted by atomic mass is 32.2. The van der Waals surface area contributed by atoms with Gasteiger partial charge >= 0.3 is 0 Å². The summed E-state index contributed by atoms with van der Waals surface area (Å²) in [7, 11) is -4.57. The molecule has 0 unspecified atom stereocenters.